The summed E-state index contributed by atoms with van der Waals surface area (Å²) in [4.78, 5) is 0. The topological polar surface area (TPSA) is 0 Å². The Morgan fingerprint density at radius 2 is 0.510 bits per heavy atom. The van der Waals surface area contributed by atoms with Gasteiger partial charge in [0.05, 0.1) is 0 Å². The molecule has 0 spiro atoms. The van der Waals surface area contributed by atoms with Crippen LogP contribution in [-0.2, 0) is 40.6 Å². The van der Waals surface area contributed by atoms with E-state index in [1.807, 2.05) is 0 Å². The second-order valence-electron chi connectivity index (χ2n) is 11.1. The standard InChI is InChI=1S/2C17H14P.C11H10.2Fe/c2*1-3-9-15(10-4-1)18(17-13-7-8-14-17)16-11-5-2-6-12-16;1-2-6-10(5-1)9-11-7-3-4-8-11;;/h2*1-14H;1-8H,9H2;;/q2*-1;-2;2*+2. The first-order valence-electron chi connectivity index (χ1n) is 16.0. The molecule has 8 aromatic carbocycles. The van der Waals surface area contributed by atoms with Crippen LogP contribution in [0.2, 0.25) is 0 Å². The third-order valence-electron chi connectivity index (χ3n) is 7.74. The predicted molar refractivity (Wildman–Crippen MR) is 208 cm³/mol. The van der Waals surface area contributed by atoms with Gasteiger partial charge in [-0.1, -0.05) is 144 Å². The van der Waals surface area contributed by atoms with Gasteiger partial charge in [0.2, 0.25) is 0 Å². The normalized spacial score (nSPS) is 10.2. The molecule has 0 heterocycles. The molecule has 8 aromatic rings. The molecule has 0 aromatic heterocycles. The van der Waals surface area contributed by atoms with Crippen molar-refractivity contribution < 1.29 is 34.1 Å². The fourth-order valence-electron chi connectivity index (χ4n) is 5.53. The van der Waals surface area contributed by atoms with E-state index in [2.05, 4.69) is 218 Å². The summed E-state index contributed by atoms with van der Waals surface area (Å²) in [6, 6.07) is 77.5. The van der Waals surface area contributed by atoms with E-state index < -0.39 is 15.8 Å². The zero-order chi connectivity index (χ0) is 31.9. The second kappa shape index (κ2) is 20.6. The molecule has 4 heteroatoms. The Kier molecular flexibility index (Phi) is 16.0. The fourth-order valence-corrected chi connectivity index (χ4v) is 10.1. The van der Waals surface area contributed by atoms with Gasteiger partial charge in [-0.3, -0.25) is 0 Å². The van der Waals surface area contributed by atoms with Gasteiger partial charge in [0, 0.05) is 0 Å². The number of hydrogen-bond donors (Lipinski definition) is 0. The largest absolute Gasteiger partial charge is 2.00 e. The third kappa shape index (κ3) is 11.1. The molecule has 8 rings (SSSR count). The third-order valence-corrected chi connectivity index (χ3v) is 12.6. The van der Waals surface area contributed by atoms with Gasteiger partial charge in [-0.15, -0.1) is 10.6 Å². The molecule has 0 N–H and O–H groups in total. The summed E-state index contributed by atoms with van der Waals surface area (Å²) in [5.41, 5.74) is 2.80. The van der Waals surface area contributed by atoms with Crippen molar-refractivity contribution in [2.45, 2.75) is 6.42 Å². The predicted octanol–water partition coefficient (Wildman–Crippen LogP) is 9.04. The van der Waals surface area contributed by atoms with Gasteiger partial charge in [-0.05, 0) is 21.2 Å². The van der Waals surface area contributed by atoms with Crippen molar-refractivity contribution in [3.63, 3.8) is 0 Å². The Labute approximate surface area is 315 Å². The number of rotatable bonds is 8. The summed E-state index contributed by atoms with van der Waals surface area (Å²) >= 11 is 0. The van der Waals surface area contributed by atoms with Crippen molar-refractivity contribution in [1.82, 2.24) is 0 Å². The van der Waals surface area contributed by atoms with Gasteiger partial charge in [-0.2, -0.15) is 59.7 Å². The van der Waals surface area contributed by atoms with E-state index in [0.29, 0.717) is 0 Å². The SMILES string of the molecule is [Fe+2].[Fe+2].c1cc[c-](C[c-]2cccc2)c1.c1ccc(P(c2ccccc2)[c-]2cccc2)cc1.c1ccc(P(c2ccccc2)[c-]2cccc2)cc1. The quantitative estimate of drug-likeness (QED) is 0.0827. The van der Waals surface area contributed by atoms with Crippen LogP contribution in [0.1, 0.15) is 11.1 Å². The molecule has 0 aliphatic rings. The molecule has 0 amide bonds. The second-order valence-corrected chi connectivity index (χ2v) is 15.5. The van der Waals surface area contributed by atoms with E-state index >= 15 is 0 Å². The summed E-state index contributed by atoms with van der Waals surface area (Å²) in [6.45, 7) is 0. The van der Waals surface area contributed by atoms with E-state index in [1.54, 1.807) is 0 Å². The van der Waals surface area contributed by atoms with E-state index in [0.717, 1.165) is 6.42 Å². The van der Waals surface area contributed by atoms with E-state index in [9.17, 15) is 0 Å². The van der Waals surface area contributed by atoms with Crippen molar-refractivity contribution in [1.29, 1.82) is 0 Å². The van der Waals surface area contributed by atoms with Crippen LogP contribution in [0.4, 0.5) is 0 Å². The minimum atomic E-state index is -0.409. The zero-order valence-corrected chi connectivity index (χ0v) is 31.1. The maximum absolute atomic E-state index is 2.23. The van der Waals surface area contributed by atoms with Crippen molar-refractivity contribution in [2.24, 2.45) is 0 Å². The Bertz CT molecular complexity index is 1690. The average Bonchev–Trinajstić information content (AvgIpc) is 3.98. The van der Waals surface area contributed by atoms with Gasteiger partial charge in [0.1, 0.15) is 0 Å². The van der Waals surface area contributed by atoms with Crippen molar-refractivity contribution in [3.05, 3.63) is 230 Å². The van der Waals surface area contributed by atoms with Crippen LogP contribution in [0, 0.1) is 0 Å². The molecular formula is C45H38Fe2P2. The van der Waals surface area contributed by atoms with Crippen LogP contribution in [0.25, 0.3) is 0 Å². The molecule has 244 valence electrons. The Morgan fingerprint density at radius 3 is 0.755 bits per heavy atom. The van der Waals surface area contributed by atoms with Crippen LogP contribution < -0.4 is 31.8 Å². The Balaban J connectivity index is 0.000000167. The van der Waals surface area contributed by atoms with E-state index in [4.69, 9.17) is 0 Å². The van der Waals surface area contributed by atoms with Gasteiger partial charge in [0.15, 0.2) is 0 Å². The van der Waals surface area contributed by atoms with Gasteiger partial charge >= 0.3 is 34.1 Å². The first-order valence-corrected chi connectivity index (χ1v) is 18.7. The van der Waals surface area contributed by atoms with Gasteiger partial charge in [-0.25, -0.2) is 48.5 Å². The van der Waals surface area contributed by atoms with E-state index in [-0.39, 0.29) is 34.1 Å². The molecule has 0 saturated carbocycles. The molecule has 0 saturated heterocycles. The fraction of sp³-hybridized carbons (Fsp3) is 0.0222. The Morgan fingerprint density at radius 1 is 0.286 bits per heavy atom. The van der Waals surface area contributed by atoms with Gasteiger partial charge in [0.25, 0.3) is 0 Å². The van der Waals surface area contributed by atoms with Crippen molar-refractivity contribution in [3.8, 4) is 0 Å². The molecule has 0 bridgehead atoms. The molecule has 0 aliphatic carbocycles. The summed E-state index contributed by atoms with van der Waals surface area (Å²) in [6.07, 6.45) is 1.07. The zero-order valence-electron chi connectivity index (χ0n) is 27.1. The molecule has 0 nitrogen and oxygen atoms in total. The average molecular weight is 752 g/mol. The van der Waals surface area contributed by atoms with Crippen molar-refractivity contribution >= 4 is 47.7 Å². The summed E-state index contributed by atoms with van der Waals surface area (Å²) in [7, 11) is -0.818. The molecule has 49 heavy (non-hydrogen) atoms. The van der Waals surface area contributed by atoms with Crippen LogP contribution in [0.3, 0.4) is 0 Å². The first-order chi connectivity index (χ1) is 23.3. The monoisotopic (exact) mass is 752 g/mol. The maximum atomic E-state index is 2.23. The van der Waals surface area contributed by atoms with E-state index in [1.165, 1.54) is 43.0 Å². The first kappa shape index (κ1) is 38.0. The van der Waals surface area contributed by atoms with Crippen LogP contribution in [0.5, 0.6) is 0 Å². The molecule has 0 aliphatic heterocycles. The summed E-state index contributed by atoms with van der Waals surface area (Å²) < 4.78 is 0. The van der Waals surface area contributed by atoms with Crippen LogP contribution in [-0.4, -0.2) is 0 Å². The maximum Gasteiger partial charge on any atom is 2.00 e. The van der Waals surface area contributed by atoms with Gasteiger partial charge < -0.3 is 0 Å². The molecular weight excluding hydrogens is 714 g/mol. The van der Waals surface area contributed by atoms with Crippen molar-refractivity contribution in [2.75, 3.05) is 0 Å². The molecule has 0 fully saturated rings. The number of benzene rings is 4. The smallest absolute Gasteiger partial charge is 0.213 e. The molecule has 0 atom stereocenters. The summed E-state index contributed by atoms with van der Waals surface area (Å²) in [5.74, 6) is 0. The minimum absolute atomic E-state index is 0. The minimum Gasteiger partial charge on any atom is -0.213 e. The molecule has 0 unspecified atom stereocenters. The van der Waals surface area contributed by atoms with Crippen LogP contribution >= 0.6 is 15.8 Å². The Hall–Kier alpha value is -3.82. The molecule has 0 radical (unpaired) electrons. The number of hydrogen-bond acceptors (Lipinski definition) is 0. The van der Waals surface area contributed by atoms with Crippen LogP contribution in [0.15, 0.2) is 218 Å². The summed E-state index contributed by atoms with van der Waals surface area (Å²) in [5, 5.41) is 8.47.